The molecule has 2 saturated heterocycles. The number of halogens is 1. The number of benzene rings is 1. The highest BCUT2D eigenvalue weighted by molar-refractivity contribution is 5.85. The fourth-order valence-corrected chi connectivity index (χ4v) is 3.70. The van der Waals surface area contributed by atoms with Crippen molar-refractivity contribution in [3.8, 4) is 5.75 Å². The largest absolute Gasteiger partial charge is 0.481 e. The number of rotatable bonds is 5. The van der Waals surface area contributed by atoms with Gasteiger partial charge in [-0.25, -0.2) is 0 Å². The minimum Gasteiger partial charge on any atom is -0.481 e. The van der Waals surface area contributed by atoms with Gasteiger partial charge >= 0.3 is 0 Å². The average Bonchev–Trinajstić information content (AvgIpc) is 2.70. The molecule has 0 aromatic heterocycles. The van der Waals surface area contributed by atoms with Gasteiger partial charge in [0.25, 0.3) is 5.91 Å². The van der Waals surface area contributed by atoms with Crippen LogP contribution in [0.2, 0.25) is 0 Å². The molecule has 0 aliphatic carbocycles. The minimum atomic E-state index is -0.549. The molecule has 2 aliphatic heterocycles. The lowest BCUT2D eigenvalue weighted by Crippen LogP contribution is -2.54. The third-order valence-electron chi connectivity index (χ3n) is 5.35. The van der Waals surface area contributed by atoms with Crippen molar-refractivity contribution in [2.75, 3.05) is 45.9 Å². The van der Waals surface area contributed by atoms with Crippen molar-refractivity contribution in [3.63, 3.8) is 0 Å². The number of amides is 2. The zero-order chi connectivity index (χ0) is 20.1. The maximum atomic E-state index is 12.7. The summed E-state index contributed by atoms with van der Waals surface area (Å²) in [4.78, 5) is 28.9. The first-order valence-corrected chi connectivity index (χ1v) is 10.1. The van der Waals surface area contributed by atoms with Crippen molar-refractivity contribution in [1.82, 2.24) is 15.1 Å². The highest BCUT2D eigenvalue weighted by Gasteiger charge is 2.29. The summed E-state index contributed by atoms with van der Waals surface area (Å²) in [5.74, 6) is 0.826. The van der Waals surface area contributed by atoms with Crippen molar-refractivity contribution < 1.29 is 19.1 Å². The molecule has 2 fully saturated rings. The predicted octanol–water partition coefficient (Wildman–Crippen LogP) is 1.54. The minimum absolute atomic E-state index is 0. The Morgan fingerprint density at radius 1 is 1.21 bits per heavy atom. The fraction of sp³-hybridized carbons (Fsp3) is 0.619. The number of piperazine rings is 1. The zero-order valence-electron chi connectivity index (χ0n) is 17.5. The Kier molecular flexibility index (Phi) is 8.74. The summed E-state index contributed by atoms with van der Waals surface area (Å²) in [5, 5.41) is 3.31. The quantitative estimate of drug-likeness (QED) is 0.774. The Balaban J connectivity index is 0.00000300. The van der Waals surface area contributed by atoms with E-state index in [1.807, 2.05) is 36.9 Å². The van der Waals surface area contributed by atoms with E-state index in [2.05, 4.69) is 5.32 Å². The van der Waals surface area contributed by atoms with Gasteiger partial charge in [0.2, 0.25) is 5.91 Å². The first kappa shape index (κ1) is 23.4. The molecule has 0 saturated carbocycles. The Bertz CT molecular complexity index is 701. The van der Waals surface area contributed by atoms with E-state index in [-0.39, 0.29) is 30.3 Å². The first-order valence-electron chi connectivity index (χ1n) is 10.1. The van der Waals surface area contributed by atoms with Crippen LogP contribution in [-0.2, 0) is 14.3 Å². The van der Waals surface area contributed by atoms with Crippen LogP contribution >= 0.6 is 12.4 Å². The standard InChI is InChI=1S/C21H31N3O4.ClH/c1-15-4-5-19(16(2)12-15)28-17(3)21(26)24-9-7-23(8-10-24)20(25)13-18-14-27-11-6-22-18;/h4-5,12,17-18,22H,6-11,13-14H2,1-3H3;1H. The maximum Gasteiger partial charge on any atom is 0.263 e. The van der Waals surface area contributed by atoms with Crippen molar-refractivity contribution in [2.45, 2.75) is 39.3 Å². The zero-order valence-corrected chi connectivity index (χ0v) is 18.3. The molecule has 2 heterocycles. The number of nitrogens with zero attached hydrogens (tertiary/aromatic N) is 2. The monoisotopic (exact) mass is 425 g/mol. The molecule has 2 amide bonds. The molecule has 0 radical (unpaired) electrons. The SMILES string of the molecule is Cc1ccc(OC(C)C(=O)N2CCN(C(=O)CC3COCCN3)CC2)c(C)c1.Cl. The van der Waals surface area contributed by atoms with Crippen LogP contribution in [0.3, 0.4) is 0 Å². The second-order valence-electron chi connectivity index (χ2n) is 7.67. The number of carbonyl (C=O) groups excluding carboxylic acids is 2. The summed E-state index contributed by atoms with van der Waals surface area (Å²) in [7, 11) is 0. The van der Waals surface area contributed by atoms with Crippen LogP contribution in [0.25, 0.3) is 0 Å². The maximum absolute atomic E-state index is 12.7. The van der Waals surface area contributed by atoms with Gasteiger partial charge < -0.3 is 24.6 Å². The van der Waals surface area contributed by atoms with Gasteiger partial charge in [0, 0.05) is 45.2 Å². The second kappa shape index (κ2) is 10.8. The van der Waals surface area contributed by atoms with Crippen LogP contribution in [0.15, 0.2) is 18.2 Å². The van der Waals surface area contributed by atoms with Crippen LogP contribution < -0.4 is 10.1 Å². The molecule has 7 nitrogen and oxygen atoms in total. The predicted molar refractivity (Wildman–Crippen MR) is 114 cm³/mol. The van der Waals surface area contributed by atoms with Crippen LogP contribution in [0.1, 0.15) is 24.5 Å². The molecule has 8 heteroatoms. The smallest absolute Gasteiger partial charge is 0.263 e. The van der Waals surface area contributed by atoms with Crippen LogP contribution in [-0.4, -0.2) is 79.7 Å². The molecule has 1 N–H and O–H groups in total. The molecular weight excluding hydrogens is 394 g/mol. The Morgan fingerprint density at radius 2 is 1.90 bits per heavy atom. The molecule has 2 atom stereocenters. The molecule has 29 heavy (non-hydrogen) atoms. The number of aryl methyl sites for hydroxylation is 2. The second-order valence-corrected chi connectivity index (χ2v) is 7.67. The molecule has 1 aromatic rings. The van der Waals surface area contributed by atoms with E-state index >= 15 is 0 Å². The van der Waals surface area contributed by atoms with Crippen molar-refractivity contribution in [3.05, 3.63) is 29.3 Å². The highest BCUT2D eigenvalue weighted by Crippen LogP contribution is 2.21. The molecule has 0 bridgehead atoms. The Labute approximate surface area is 179 Å². The summed E-state index contributed by atoms with van der Waals surface area (Å²) in [6.07, 6.45) is -0.104. The molecule has 162 valence electrons. The highest BCUT2D eigenvalue weighted by atomic mass is 35.5. The van der Waals surface area contributed by atoms with Crippen molar-refractivity contribution >= 4 is 24.2 Å². The number of carbonyl (C=O) groups is 2. The summed E-state index contributed by atoms with van der Waals surface area (Å²) in [6, 6.07) is 6.03. The van der Waals surface area contributed by atoms with E-state index in [0.29, 0.717) is 45.8 Å². The third-order valence-corrected chi connectivity index (χ3v) is 5.35. The average molecular weight is 426 g/mol. The first-order chi connectivity index (χ1) is 13.4. The number of hydrogen-bond acceptors (Lipinski definition) is 5. The molecule has 0 spiro atoms. The molecule has 3 rings (SSSR count). The van der Waals surface area contributed by atoms with Gasteiger partial charge in [-0.2, -0.15) is 0 Å². The van der Waals surface area contributed by atoms with Crippen LogP contribution in [0.5, 0.6) is 5.75 Å². The summed E-state index contributed by atoms with van der Waals surface area (Å²) >= 11 is 0. The van der Waals surface area contributed by atoms with Crippen molar-refractivity contribution in [1.29, 1.82) is 0 Å². The third kappa shape index (κ3) is 6.32. The van der Waals surface area contributed by atoms with Gasteiger partial charge in [-0.1, -0.05) is 17.7 Å². The van der Waals surface area contributed by atoms with Crippen LogP contribution in [0, 0.1) is 13.8 Å². The number of morpholine rings is 1. The molecule has 1 aromatic carbocycles. The van der Waals surface area contributed by atoms with Gasteiger partial charge in [0.15, 0.2) is 6.10 Å². The van der Waals surface area contributed by atoms with E-state index < -0.39 is 6.10 Å². The topological polar surface area (TPSA) is 71.1 Å². The lowest BCUT2D eigenvalue weighted by atomic mass is 10.1. The van der Waals surface area contributed by atoms with E-state index in [9.17, 15) is 9.59 Å². The number of ether oxygens (including phenoxy) is 2. The lowest BCUT2D eigenvalue weighted by molar-refractivity contribution is -0.144. The molecule has 2 unspecified atom stereocenters. The fourth-order valence-electron chi connectivity index (χ4n) is 3.70. The summed E-state index contributed by atoms with van der Waals surface area (Å²) in [5.41, 5.74) is 2.19. The van der Waals surface area contributed by atoms with Gasteiger partial charge in [0.05, 0.1) is 13.2 Å². The Hall–Kier alpha value is -1.83. The van der Waals surface area contributed by atoms with Gasteiger partial charge in [-0.15, -0.1) is 12.4 Å². The molecular formula is C21H32ClN3O4. The normalized spacial score (nSPS) is 20.6. The van der Waals surface area contributed by atoms with E-state index in [1.54, 1.807) is 11.8 Å². The number of nitrogens with one attached hydrogen (secondary N) is 1. The Morgan fingerprint density at radius 3 is 2.52 bits per heavy atom. The van der Waals surface area contributed by atoms with Gasteiger partial charge in [-0.3, -0.25) is 9.59 Å². The van der Waals surface area contributed by atoms with Gasteiger partial charge in [-0.05, 0) is 32.4 Å². The van der Waals surface area contributed by atoms with E-state index in [0.717, 1.165) is 17.9 Å². The summed E-state index contributed by atoms with van der Waals surface area (Å²) < 4.78 is 11.3. The van der Waals surface area contributed by atoms with Crippen LogP contribution in [0.4, 0.5) is 0 Å². The lowest BCUT2D eigenvalue weighted by Gasteiger charge is -2.36. The summed E-state index contributed by atoms with van der Waals surface area (Å²) in [6.45, 7) is 10.1. The van der Waals surface area contributed by atoms with E-state index in [1.165, 1.54) is 5.56 Å². The van der Waals surface area contributed by atoms with E-state index in [4.69, 9.17) is 9.47 Å². The molecule has 2 aliphatic rings. The number of hydrogen-bond donors (Lipinski definition) is 1. The van der Waals surface area contributed by atoms with Crippen molar-refractivity contribution in [2.24, 2.45) is 0 Å². The van der Waals surface area contributed by atoms with Gasteiger partial charge in [0.1, 0.15) is 5.75 Å².